The number of unbranched alkanes of at least 4 members (excludes halogenated alkanes) is 52. The Bertz CT molecular complexity index is 1160. The fraction of sp³-hybridized carbons (Fsp3) is 1.00. The maximum Gasteiger partial charge on any atom is 0.332 e. The van der Waals surface area contributed by atoms with E-state index in [1.165, 1.54) is 360 Å². The third kappa shape index (κ3) is 52.6. The summed E-state index contributed by atoms with van der Waals surface area (Å²) in [4.78, 5) is 0. The van der Waals surface area contributed by atoms with Gasteiger partial charge in [0.25, 0.3) is 0 Å². The SMILES string of the molecule is CCCCCCCCCCCCCCCCOP(OCCCCCCCCCCCCCCCC)OC1CCC(C(C)(C)C2CCC(OP(OCCCCCCCCCCCCCCCC)OCCCCCCCCCCCCCCCC)CC2)CC1. The van der Waals surface area contributed by atoms with E-state index in [1.807, 2.05) is 0 Å². The van der Waals surface area contributed by atoms with Gasteiger partial charge in [0, 0.05) is 0 Å². The summed E-state index contributed by atoms with van der Waals surface area (Å²) in [6.45, 7) is 17.5. The highest BCUT2D eigenvalue weighted by molar-refractivity contribution is 7.42. The van der Waals surface area contributed by atoms with Gasteiger partial charge in [-0.05, 0) is 94.3 Å². The molecule has 2 fully saturated rings. The zero-order valence-electron chi connectivity index (χ0n) is 60.2. The fourth-order valence-electron chi connectivity index (χ4n) is 14.3. The Morgan fingerprint density at radius 2 is 0.368 bits per heavy atom. The molecule has 2 saturated carbocycles. The first-order valence-electron chi connectivity index (χ1n) is 40.4. The van der Waals surface area contributed by atoms with Crippen LogP contribution >= 0.6 is 17.2 Å². The van der Waals surface area contributed by atoms with E-state index < -0.39 is 17.2 Å². The molecule has 0 atom stereocenters. The summed E-state index contributed by atoms with van der Waals surface area (Å²) in [6, 6.07) is 0. The van der Waals surface area contributed by atoms with Crippen molar-refractivity contribution in [3.63, 3.8) is 0 Å². The van der Waals surface area contributed by atoms with E-state index in [2.05, 4.69) is 41.5 Å². The first kappa shape index (κ1) is 83.7. The van der Waals surface area contributed by atoms with Crippen LogP contribution in [0, 0.1) is 17.3 Å². The second-order valence-corrected chi connectivity index (χ2v) is 31.5. The Morgan fingerprint density at radius 3 is 0.529 bits per heavy atom. The van der Waals surface area contributed by atoms with Gasteiger partial charge >= 0.3 is 17.2 Å². The zero-order chi connectivity index (χ0) is 62.3. The van der Waals surface area contributed by atoms with E-state index in [1.54, 1.807) is 0 Å². The molecule has 0 N–H and O–H groups in total. The molecule has 0 aromatic rings. The van der Waals surface area contributed by atoms with Gasteiger partial charge in [-0.1, -0.05) is 375 Å². The van der Waals surface area contributed by atoms with Gasteiger partial charge in [0.1, 0.15) is 0 Å². The van der Waals surface area contributed by atoms with Gasteiger partial charge in [-0.3, -0.25) is 0 Å². The molecule has 0 spiro atoms. The Kier molecular flexibility index (Phi) is 62.8. The van der Waals surface area contributed by atoms with Crippen LogP contribution in [0.5, 0.6) is 0 Å². The molecule has 2 rings (SSSR count). The fourth-order valence-corrected chi connectivity index (χ4v) is 16.8. The molecule has 0 aromatic carbocycles. The van der Waals surface area contributed by atoms with Crippen LogP contribution in [-0.4, -0.2) is 38.6 Å². The summed E-state index contributed by atoms with van der Waals surface area (Å²) in [5.74, 6) is 1.47. The summed E-state index contributed by atoms with van der Waals surface area (Å²) >= 11 is 0. The lowest BCUT2D eigenvalue weighted by molar-refractivity contribution is 0.00223. The van der Waals surface area contributed by atoms with Crippen molar-refractivity contribution in [3.8, 4) is 0 Å². The van der Waals surface area contributed by atoms with Crippen molar-refractivity contribution in [3.05, 3.63) is 0 Å². The van der Waals surface area contributed by atoms with Crippen molar-refractivity contribution in [2.24, 2.45) is 17.3 Å². The second kappa shape index (κ2) is 65.3. The maximum atomic E-state index is 6.83. The molecule has 6 nitrogen and oxygen atoms in total. The van der Waals surface area contributed by atoms with Crippen molar-refractivity contribution in [1.29, 1.82) is 0 Å². The molecule has 0 aliphatic heterocycles. The largest absolute Gasteiger partial charge is 0.332 e. The van der Waals surface area contributed by atoms with Crippen LogP contribution in [0.2, 0.25) is 0 Å². The minimum Gasteiger partial charge on any atom is -0.312 e. The van der Waals surface area contributed by atoms with E-state index in [0.717, 1.165) is 89.6 Å². The molecule has 0 aromatic heterocycles. The summed E-state index contributed by atoms with van der Waals surface area (Å²) in [5.41, 5.74) is 0.314. The van der Waals surface area contributed by atoms with E-state index >= 15 is 0 Å². The third-order valence-electron chi connectivity index (χ3n) is 20.7. The quantitative estimate of drug-likeness (QED) is 0.0447. The standard InChI is InChI=1S/C79H158O6P2/c1-7-11-15-19-23-27-31-35-39-43-47-51-55-59-71-80-86(81-72-60-56-52-48-44-40-36-32-28-24-20-16-12-8-2)84-77-67-63-75(64-68-77)79(5,6)76-65-69-78(70-66-76)85-87(82-73-61-57-53-49-45-41-37-33-29-25-21-17-13-9-3)83-74-62-58-54-50-46-42-38-34-30-26-22-18-14-10-4/h75-78H,7-74H2,1-6H3. The monoisotopic (exact) mass is 1270 g/mol. The van der Waals surface area contributed by atoms with Crippen LogP contribution in [-0.2, 0) is 27.1 Å². The number of rotatable bonds is 70. The Hall–Kier alpha value is 0.620. The molecular weight excluding hydrogens is 1110 g/mol. The third-order valence-corrected chi connectivity index (χ3v) is 23.2. The molecule has 0 bridgehead atoms. The minimum absolute atomic E-state index is 0.258. The lowest BCUT2D eigenvalue weighted by Crippen LogP contribution is -2.38. The molecule has 0 unspecified atom stereocenters. The summed E-state index contributed by atoms with van der Waals surface area (Å²) in [7, 11) is -2.59. The summed E-state index contributed by atoms with van der Waals surface area (Å²) in [5, 5.41) is 0. The molecule has 0 saturated heterocycles. The average Bonchev–Trinajstić information content (AvgIpc) is 1.91. The maximum absolute atomic E-state index is 6.83. The van der Waals surface area contributed by atoms with Crippen molar-refractivity contribution in [1.82, 2.24) is 0 Å². The first-order valence-corrected chi connectivity index (χ1v) is 42.6. The van der Waals surface area contributed by atoms with Crippen molar-refractivity contribution in [2.45, 2.75) is 465 Å². The highest BCUT2D eigenvalue weighted by atomic mass is 31.2. The molecule has 0 heterocycles. The molecule has 0 radical (unpaired) electrons. The van der Waals surface area contributed by atoms with E-state index in [4.69, 9.17) is 27.1 Å². The van der Waals surface area contributed by atoms with E-state index in [9.17, 15) is 0 Å². The highest BCUT2D eigenvalue weighted by Crippen LogP contribution is 2.53. The van der Waals surface area contributed by atoms with Gasteiger partial charge in [0.15, 0.2) is 0 Å². The van der Waals surface area contributed by atoms with Crippen LogP contribution in [0.15, 0.2) is 0 Å². The Labute approximate surface area is 549 Å². The smallest absolute Gasteiger partial charge is 0.312 e. The van der Waals surface area contributed by atoms with Gasteiger partial charge in [0.2, 0.25) is 0 Å². The van der Waals surface area contributed by atoms with Crippen LogP contribution < -0.4 is 0 Å². The van der Waals surface area contributed by atoms with Crippen LogP contribution in [0.4, 0.5) is 0 Å². The second-order valence-electron chi connectivity index (χ2n) is 29.1. The van der Waals surface area contributed by atoms with Gasteiger partial charge in [-0.15, -0.1) is 0 Å². The number of hydrogen-bond donors (Lipinski definition) is 0. The summed E-state index contributed by atoms with van der Waals surface area (Å²) < 4.78 is 39.8. The zero-order valence-corrected chi connectivity index (χ0v) is 62.0. The minimum atomic E-state index is -1.29. The van der Waals surface area contributed by atoms with Crippen LogP contribution in [0.3, 0.4) is 0 Å². The van der Waals surface area contributed by atoms with Gasteiger partial charge < -0.3 is 27.1 Å². The normalized spacial score (nSPS) is 17.7. The van der Waals surface area contributed by atoms with Crippen LogP contribution in [0.1, 0.15) is 452 Å². The molecule has 87 heavy (non-hydrogen) atoms. The van der Waals surface area contributed by atoms with Gasteiger partial charge in [0.05, 0.1) is 38.6 Å². The summed E-state index contributed by atoms with van der Waals surface area (Å²) in [6.07, 6.45) is 87.2. The Balaban J connectivity index is 1.78. The predicted molar refractivity (Wildman–Crippen MR) is 386 cm³/mol. The van der Waals surface area contributed by atoms with Crippen LogP contribution in [0.25, 0.3) is 0 Å². The molecular formula is C79H158O6P2. The molecule has 520 valence electrons. The average molecular weight is 1270 g/mol. The lowest BCUT2D eigenvalue weighted by atomic mass is 9.60. The highest BCUT2D eigenvalue weighted by Gasteiger charge is 2.42. The molecule has 0 amide bonds. The van der Waals surface area contributed by atoms with Crippen molar-refractivity contribution < 1.29 is 27.1 Å². The Morgan fingerprint density at radius 1 is 0.218 bits per heavy atom. The number of hydrogen-bond acceptors (Lipinski definition) is 6. The van der Waals surface area contributed by atoms with Crippen molar-refractivity contribution in [2.75, 3.05) is 26.4 Å². The topological polar surface area (TPSA) is 55.4 Å². The van der Waals surface area contributed by atoms with E-state index in [-0.39, 0.29) is 12.2 Å². The lowest BCUT2D eigenvalue weighted by Gasteiger charge is -2.46. The molecule has 2 aliphatic carbocycles. The first-order chi connectivity index (χ1) is 42.9. The molecule has 8 heteroatoms. The van der Waals surface area contributed by atoms with E-state index in [0.29, 0.717) is 5.41 Å². The predicted octanol–water partition coefficient (Wildman–Crippen LogP) is 29.6. The van der Waals surface area contributed by atoms with Gasteiger partial charge in [-0.25, -0.2) is 0 Å². The van der Waals surface area contributed by atoms with Gasteiger partial charge in [-0.2, -0.15) is 0 Å². The molecule has 2 aliphatic rings. The van der Waals surface area contributed by atoms with Crippen molar-refractivity contribution >= 4 is 17.2 Å².